The van der Waals surface area contributed by atoms with Gasteiger partial charge in [-0.2, -0.15) is 5.10 Å². The number of aromatic nitrogens is 2. The van der Waals surface area contributed by atoms with Crippen LogP contribution in [0.15, 0.2) is 0 Å². The molecule has 1 unspecified atom stereocenters. The maximum absolute atomic E-state index is 12.0. The lowest BCUT2D eigenvalue weighted by molar-refractivity contribution is -0.143. The first-order valence-electron chi connectivity index (χ1n) is 10.4. The average molecular weight is 442 g/mol. The number of hydrogen-bond acceptors (Lipinski definition) is 8. The number of rotatable bonds is 7. The normalized spacial score (nSPS) is 21.6. The first kappa shape index (κ1) is 22.5. The Hall–Kier alpha value is -2.14. The highest BCUT2D eigenvalue weighted by atomic mass is 32.2. The van der Waals surface area contributed by atoms with Crippen LogP contribution in [-0.2, 0) is 24.2 Å². The largest absolute Gasteiger partial charge is 0.465 e. The zero-order valence-electron chi connectivity index (χ0n) is 17.9. The van der Waals surface area contributed by atoms with E-state index >= 15 is 0 Å². The van der Waals surface area contributed by atoms with Crippen molar-refractivity contribution in [3.05, 3.63) is 11.4 Å². The van der Waals surface area contributed by atoms with Crippen molar-refractivity contribution in [3.63, 3.8) is 0 Å². The Morgan fingerprint density at radius 3 is 2.50 bits per heavy atom. The summed E-state index contributed by atoms with van der Waals surface area (Å²) >= 11 is 0. The van der Waals surface area contributed by atoms with Gasteiger partial charge in [-0.3, -0.25) is 19.2 Å². The predicted molar refractivity (Wildman–Crippen MR) is 112 cm³/mol. The van der Waals surface area contributed by atoms with Crippen molar-refractivity contribution in [3.8, 4) is 0 Å². The van der Waals surface area contributed by atoms with Gasteiger partial charge in [-0.1, -0.05) is 0 Å². The van der Waals surface area contributed by atoms with Crippen molar-refractivity contribution in [1.82, 2.24) is 20.0 Å². The van der Waals surface area contributed by atoms with Crippen molar-refractivity contribution in [2.75, 3.05) is 62.3 Å². The van der Waals surface area contributed by atoms with Crippen LogP contribution < -0.4 is 10.2 Å². The van der Waals surface area contributed by atoms with Crippen LogP contribution in [0.1, 0.15) is 30.8 Å². The zero-order valence-corrected chi connectivity index (χ0v) is 18.7. The Morgan fingerprint density at radius 2 is 1.90 bits per heavy atom. The number of nitrogens with one attached hydrogen (secondary N) is 1. The maximum atomic E-state index is 12.0. The van der Waals surface area contributed by atoms with Gasteiger partial charge in [0.15, 0.2) is 9.84 Å². The SMILES string of the molecule is CCOC(=O)CNC(=O)CN1CCN(c2c(C)nn(C3CCS(=O)(=O)C3)c2C)CC1. The number of carbonyl (C=O) groups excluding carboxylic acids is 2. The lowest BCUT2D eigenvalue weighted by Crippen LogP contribution is -2.50. The van der Waals surface area contributed by atoms with E-state index in [1.807, 2.05) is 18.5 Å². The highest BCUT2D eigenvalue weighted by molar-refractivity contribution is 7.91. The van der Waals surface area contributed by atoms with Crippen LogP contribution in [0.5, 0.6) is 0 Å². The lowest BCUT2D eigenvalue weighted by Gasteiger charge is -2.35. The lowest BCUT2D eigenvalue weighted by atomic mass is 10.2. The third-order valence-electron chi connectivity index (χ3n) is 5.63. The monoisotopic (exact) mass is 441 g/mol. The number of amides is 1. The molecule has 2 aliphatic rings. The molecule has 10 nitrogen and oxygen atoms in total. The molecule has 0 aromatic carbocycles. The van der Waals surface area contributed by atoms with Crippen LogP contribution in [0, 0.1) is 13.8 Å². The van der Waals surface area contributed by atoms with E-state index in [9.17, 15) is 18.0 Å². The van der Waals surface area contributed by atoms with E-state index in [1.54, 1.807) is 6.92 Å². The second kappa shape index (κ2) is 9.34. The fourth-order valence-electron chi connectivity index (χ4n) is 4.21. The first-order valence-corrected chi connectivity index (χ1v) is 12.2. The smallest absolute Gasteiger partial charge is 0.325 e. The molecule has 0 bridgehead atoms. The van der Waals surface area contributed by atoms with Crippen molar-refractivity contribution in [2.45, 2.75) is 33.2 Å². The molecule has 1 amide bonds. The molecule has 30 heavy (non-hydrogen) atoms. The molecule has 1 aromatic rings. The molecule has 0 saturated carbocycles. The zero-order chi connectivity index (χ0) is 21.9. The molecule has 2 saturated heterocycles. The fourth-order valence-corrected chi connectivity index (χ4v) is 5.90. The Bertz CT molecular complexity index is 889. The summed E-state index contributed by atoms with van der Waals surface area (Å²) < 4.78 is 30.4. The third-order valence-corrected chi connectivity index (χ3v) is 7.38. The molecule has 1 N–H and O–H groups in total. The molecule has 168 valence electrons. The number of hydrogen-bond donors (Lipinski definition) is 1. The van der Waals surface area contributed by atoms with Gasteiger partial charge in [0.2, 0.25) is 5.91 Å². The molecular weight excluding hydrogens is 410 g/mol. The topological polar surface area (TPSA) is 114 Å². The number of piperazine rings is 1. The van der Waals surface area contributed by atoms with Gasteiger partial charge in [0, 0.05) is 26.2 Å². The molecule has 2 fully saturated rings. The average Bonchev–Trinajstić information content (AvgIpc) is 3.19. The summed E-state index contributed by atoms with van der Waals surface area (Å²) in [7, 11) is -2.97. The number of esters is 1. The minimum atomic E-state index is -2.97. The van der Waals surface area contributed by atoms with E-state index in [1.165, 1.54) is 0 Å². The molecule has 0 aliphatic carbocycles. The summed E-state index contributed by atoms with van der Waals surface area (Å²) in [6, 6.07) is -0.0909. The Kier molecular flexibility index (Phi) is 7.02. The molecule has 1 atom stereocenters. The molecule has 11 heteroatoms. The minimum absolute atomic E-state index is 0.0909. The summed E-state index contributed by atoms with van der Waals surface area (Å²) in [4.78, 5) is 27.7. The molecule has 0 radical (unpaired) electrons. The fraction of sp³-hybridized carbons (Fsp3) is 0.737. The summed E-state index contributed by atoms with van der Waals surface area (Å²) in [5.41, 5.74) is 2.96. The van der Waals surface area contributed by atoms with E-state index in [4.69, 9.17) is 4.74 Å². The van der Waals surface area contributed by atoms with Gasteiger partial charge in [-0.05, 0) is 27.2 Å². The van der Waals surface area contributed by atoms with E-state index in [-0.39, 0.29) is 36.5 Å². The highest BCUT2D eigenvalue weighted by Gasteiger charge is 2.32. The van der Waals surface area contributed by atoms with Gasteiger partial charge in [0.05, 0.1) is 47.8 Å². The molecule has 0 spiro atoms. The van der Waals surface area contributed by atoms with Gasteiger partial charge < -0.3 is 15.0 Å². The van der Waals surface area contributed by atoms with Gasteiger partial charge >= 0.3 is 5.97 Å². The Labute approximate surface area is 177 Å². The van der Waals surface area contributed by atoms with Gasteiger partial charge in [0.1, 0.15) is 6.54 Å². The standard InChI is InChI=1S/C19H31N5O5S/c1-4-29-18(26)11-20-17(25)12-22-6-8-23(9-7-22)19-14(2)21-24(15(19)3)16-5-10-30(27,28)13-16/h16H,4-13H2,1-3H3,(H,20,25). The summed E-state index contributed by atoms with van der Waals surface area (Å²) in [5.74, 6) is -0.251. The Balaban J connectivity index is 1.54. The molecular formula is C19H31N5O5S. The summed E-state index contributed by atoms with van der Waals surface area (Å²) in [5, 5.41) is 7.23. The summed E-state index contributed by atoms with van der Waals surface area (Å²) in [6.45, 7) is 9.04. The van der Waals surface area contributed by atoms with Crippen LogP contribution in [-0.4, -0.2) is 92.4 Å². The highest BCUT2D eigenvalue weighted by Crippen LogP contribution is 2.31. The molecule has 3 heterocycles. The van der Waals surface area contributed by atoms with Crippen molar-refractivity contribution >= 4 is 27.4 Å². The van der Waals surface area contributed by atoms with E-state index < -0.39 is 15.8 Å². The molecule has 3 rings (SSSR count). The summed E-state index contributed by atoms with van der Waals surface area (Å²) in [6.07, 6.45) is 0.610. The van der Waals surface area contributed by atoms with E-state index in [0.29, 0.717) is 26.1 Å². The second-order valence-electron chi connectivity index (χ2n) is 7.87. The minimum Gasteiger partial charge on any atom is -0.465 e. The van der Waals surface area contributed by atoms with Gasteiger partial charge in [-0.25, -0.2) is 8.42 Å². The number of aryl methyl sites for hydroxylation is 1. The molecule has 2 aliphatic heterocycles. The van der Waals surface area contributed by atoms with Crippen molar-refractivity contribution in [2.24, 2.45) is 0 Å². The van der Waals surface area contributed by atoms with Crippen LogP contribution in [0.3, 0.4) is 0 Å². The molecule has 1 aromatic heterocycles. The number of carbonyl (C=O) groups is 2. The van der Waals surface area contributed by atoms with Gasteiger partial charge in [0.25, 0.3) is 0 Å². The number of sulfone groups is 1. The second-order valence-corrected chi connectivity index (χ2v) is 10.1. The van der Waals surface area contributed by atoms with E-state index in [2.05, 4.69) is 20.2 Å². The maximum Gasteiger partial charge on any atom is 0.325 e. The third kappa shape index (κ3) is 5.31. The first-order chi connectivity index (χ1) is 14.2. The number of nitrogens with zero attached hydrogens (tertiary/aromatic N) is 4. The number of ether oxygens (including phenoxy) is 1. The van der Waals surface area contributed by atoms with Crippen LogP contribution in [0.25, 0.3) is 0 Å². The van der Waals surface area contributed by atoms with Crippen LogP contribution >= 0.6 is 0 Å². The van der Waals surface area contributed by atoms with Crippen molar-refractivity contribution in [1.29, 1.82) is 0 Å². The number of anilines is 1. The van der Waals surface area contributed by atoms with Crippen LogP contribution in [0.4, 0.5) is 5.69 Å². The van der Waals surface area contributed by atoms with Crippen molar-refractivity contribution < 1.29 is 22.7 Å². The predicted octanol–water partition coefficient (Wildman–Crippen LogP) is -0.339. The Morgan fingerprint density at radius 1 is 1.20 bits per heavy atom. The van der Waals surface area contributed by atoms with Crippen LogP contribution in [0.2, 0.25) is 0 Å². The van der Waals surface area contributed by atoms with Gasteiger partial charge in [-0.15, -0.1) is 0 Å². The quantitative estimate of drug-likeness (QED) is 0.572. The van der Waals surface area contributed by atoms with E-state index in [0.717, 1.165) is 30.2 Å².